The van der Waals surface area contributed by atoms with E-state index in [0.717, 1.165) is 16.0 Å². The van der Waals surface area contributed by atoms with E-state index in [1.165, 1.54) is 15.7 Å². The summed E-state index contributed by atoms with van der Waals surface area (Å²) >= 11 is 0.0579. The van der Waals surface area contributed by atoms with Gasteiger partial charge in [-0.25, -0.2) is 0 Å². The molecule has 3 nitrogen and oxygen atoms in total. The number of nitrogens with zero attached hydrogens (tertiary/aromatic N) is 3. The van der Waals surface area contributed by atoms with Crippen LogP contribution in [-0.2, 0) is 0 Å². The second-order valence-electron chi connectivity index (χ2n) is 5.72. The fourth-order valence-electron chi connectivity index (χ4n) is 2.88. The molecule has 0 aromatic heterocycles. The van der Waals surface area contributed by atoms with E-state index < -0.39 is 0 Å². The van der Waals surface area contributed by atoms with Gasteiger partial charge in [-0.3, -0.25) is 0 Å². The van der Waals surface area contributed by atoms with E-state index in [-0.39, 0.29) is 15.0 Å². The third kappa shape index (κ3) is 2.96. The van der Waals surface area contributed by atoms with Crippen molar-refractivity contribution in [3.8, 4) is 6.07 Å². The van der Waals surface area contributed by atoms with Gasteiger partial charge in [0, 0.05) is 0 Å². The van der Waals surface area contributed by atoms with E-state index in [0.29, 0.717) is 5.56 Å². The van der Waals surface area contributed by atoms with E-state index >= 15 is 0 Å². The van der Waals surface area contributed by atoms with Crippen molar-refractivity contribution in [2.75, 3.05) is 11.9 Å². The molecule has 0 saturated heterocycles. The molecule has 0 N–H and O–H groups in total. The van der Waals surface area contributed by atoms with Crippen LogP contribution >= 0.6 is 0 Å². The van der Waals surface area contributed by atoms with Crippen molar-refractivity contribution in [3.05, 3.63) is 83.9 Å². The van der Waals surface area contributed by atoms with E-state index in [2.05, 4.69) is 54.4 Å². The maximum atomic E-state index is 8.98. The van der Waals surface area contributed by atoms with E-state index in [1.54, 1.807) is 0 Å². The Labute approximate surface area is 153 Å². The molecule has 3 aromatic rings. The number of nitriles is 1. The first kappa shape index (κ1) is 15.7. The molecule has 4 rings (SSSR count). The van der Waals surface area contributed by atoms with Crippen molar-refractivity contribution in [3.63, 3.8) is 0 Å². The van der Waals surface area contributed by atoms with Crippen LogP contribution in [0.3, 0.4) is 0 Å². The van der Waals surface area contributed by atoms with Crippen LogP contribution in [0.25, 0.3) is 0 Å². The Kier molecular flexibility index (Phi) is 4.11. The van der Waals surface area contributed by atoms with Crippen molar-refractivity contribution >= 4 is 41.1 Å². The van der Waals surface area contributed by atoms with Crippen LogP contribution < -0.4 is 9.36 Å². The number of fused-ring (bicyclic) bond motifs is 2. The fourth-order valence-corrected chi connectivity index (χ4v) is 4.81. The molecule has 1 aliphatic rings. The van der Waals surface area contributed by atoms with Gasteiger partial charge in [0.1, 0.15) is 0 Å². The molecular weight excluding hydrogens is 373 g/mol. The van der Waals surface area contributed by atoms with Crippen LogP contribution in [-0.4, -0.2) is 26.6 Å². The third-order valence-corrected chi connectivity index (χ3v) is 6.28. The number of benzene rings is 3. The quantitative estimate of drug-likeness (QED) is 0.628. The van der Waals surface area contributed by atoms with E-state index in [9.17, 15) is 0 Å². The van der Waals surface area contributed by atoms with Gasteiger partial charge >= 0.3 is 153 Å². The standard InChI is InChI=1S/C21H15N3Se/c1-24-19-8-4-2-6-17(19)21(23-18-7-3-5-9-20(18)24)25-16-12-10-15(14-22)11-13-16/h2-13H,1H3. The zero-order chi connectivity index (χ0) is 17.2. The van der Waals surface area contributed by atoms with Crippen LogP contribution in [0.4, 0.5) is 17.1 Å². The Balaban J connectivity index is 1.83. The van der Waals surface area contributed by atoms with Crippen molar-refractivity contribution in [2.24, 2.45) is 4.99 Å². The molecule has 0 bridgehead atoms. The Morgan fingerprint density at radius 1 is 0.880 bits per heavy atom. The number of hydrogen-bond donors (Lipinski definition) is 0. The van der Waals surface area contributed by atoms with Crippen LogP contribution in [0.15, 0.2) is 77.8 Å². The first-order chi connectivity index (χ1) is 12.3. The SMILES string of the molecule is CN1c2ccccc2N=C([Se]c2ccc(C#N)cc2)c2ccccc21. The Bertz CT molecular complexity index is 1000. The molecule has 0 spiro atoms. The zero-order valence-electron chi connectivity index (χ0n) is 13.7. The van der Waals surface area contributed by atoms with Crippen molar-refractivity contribution < 1.29 is 0 Å². The van der Waals surface area contributed by atoms with Gasteiger partial charge in [-0.05, 0) is 0 Å². The molecule has 0 aliphatic carbocycles. The minimum atomic E-state index is 0.0579. The molecule has 0 fully saturated rings. The van der Waals surface area contributed by atoms with Gasteiger partial charge in [0.05, 0.1) is 0 Å². The second-order valence-corrected chi connectivity index (χ2v) is 7.95. The van der Waals surface area contributed by atoms with Gasteiger partial charge in [-0.2, -0.15) is 0 Å². The van der Waals surface area contributed by atoms with E-state index in [4.69, 9.17) is 10.3 Å². The number of hydrogen-bond acceptors (Lipinski definition) is 3. The van der Waals surface area contributed by atoms with Gasteiger partial charge < -0.3 is 0 Å². The topological polar surface area (TPSA) is 39.4 Å². The van der Waals surface area contributed by atoms with Gasteiger partial charge in [-0.15, -0.1) is 0 Å². The van der Waals surface area contributed by atoms with E-state index in [1.807, 2.05) is 36.4 Å². The summed E-state index contributed by atoms with van der Waals surface area (Å²) < 4.78 is 2.31. The Morgan fingerprint density at radius 3 is 2.32 bits per heavy atom. The summed E-state index contributed by atoms with van der Waals surface area (Å²) in [5.74, 6) is 0. The average Bonchev–Trinajstić information content (AvgIpc) is 2.78. The molecular formula is C21H15N3Se. The number of anilines is 2. The monoisotopic (exact) mass is 389 g/mol. The molecule has 120 valence electrons. The third-order valence-electron chi connectivity index (χ3n) is 4.16. The van der Waals surface area contributed by atoms with Crippen molar-refractivity contribution in [1.82, 2.24) is 0 Å². The average molecular weight is 388 g/mol. The van der Waals surface area contributed by atoms with Gasteiger partial charge in [-0.1, -0.05) is 0 Å². The summed E-state index contributed by atoms with van der Waals surface area (Å²) in [4.78, 5) is 7.21. The molecule has 0 unspecified atom stereocenters. The number of rotatable bonds is 2. The summed E-state index contributed by atoms with van der Waals surface area (Å²) in [5.41, 5.74) is 5.13. The Hall–Kier alpha value is -2.86. The number of para-hydroxylation sites is 3. The van der Waals surface area contributed by atoms with Crippen LogP contribution in [0, 0.1) is 11.3 Å². The molecule has 0 saturated carbocycles. The van der Waals surface area contributed by atoms with Crippen LogP contribution in [0.5, 0.6) is 0 Å². The second kappa shape index (κ2) is 6.56. The number of aliphatic imine (C=N–C) groups is 1. The van der Waals surface area contributed by atoms with Gasteiger partial charge in [0.25, 0.3) is 0 Å². The first-order valence-electron chi connectivity index (χ1n) is 7.95. The summed E-state index contributed by atoms with van der Waals surface area (Å²) in [6, 6.07) is 26.6. The maximum absolute atomic E-state index is 8.98. The minimum absolute atomic E-state index is 0.0579. The molecule has 1 aliphatic heterocycles. The molecule has 0 amide bonds. The molecule has 1 heterocycles. The summed E-state index contributed by atoms with van der Waals surface area (Å²) in [6.07, 6.45) is 0. The van der Waals surface area contributed by atoms with Crippen LogP contribution in [0.2, 0.25) is 0 Å². The summed E-state index contributed by atoms with van der Waals surface area (Å²) in [7, 11) is 2.09. The molecule has 0 radical (unpaired) electrons. The Morgan fingerprint density at radius 2 is 1.56 bits per heavy atom. The fraction of sp³-hybridized carbons (Fsp3) is 0.0476. The molecule has 0 atom stereocenters. The normalized spacial score (nSPS) is 12.5. The van der Waals surface area contributed by atoms with Gasteiger partial charge in [0.15, 0.2) is 0 Å². The molecule has 3 aromatic carbocycles. The van der Waals surface area contributed by atoms with Gasteiger partial charge in [0.2, 0.25) is 0 Å². The predicted octanol–water partition coefficient (Wildman–Crippen LogP) is 3.75. The molecule has 25 heavy (non-hydrogen) atoms. The van der Waals surface area contributed by atoms with Crippen molar-refractivity contribution in [2.45, 2.75) is 0 Å². The van der Waals surface area contributed by atoms with Crippen molar-refractivity contribution in [1.29, 1.82) is 5.26 Å². The predicted molar refractivity (Wildman–Crippen MR) is 104 cm³/mol. The first-order valence-corrected chi connectivity index (χ1v) is 9.66. The summed E-state index contributed by atoms with van der Waals surface area (Å²) in [6.45, 7) is 0. The summed E-state index contributed by atoms with van der Waals surface area (Å²) in [5, 5.41) is 8.98. The molecule has 4 heteroatoms. The zero-order valence-corrected chi connectivity index (χ0v) is 15.4. The van der Waals surface area contributed by atoms with Crippen LogP contribution in [0.1, 0.15) is 11.1 Å².